The second kappa shape index (κ2) is 12.0. The van der Waals surface area contributed by atoms with Gasteiger partial charge in [0.2, 0.25) is 6.10 Å². The molecule has 186 valence electrons. The van der Waals surface area contributed by atoms with Crippen LogP contribution < -0.4 is 10.2 Å². The van der Waals surface area contributed by atoms with Crippen LogP contribution >= 0.6 is 15.9 Å². The van der Waals surface area contributed by atoms with E-state index in [0.29, 0.717) is 15.7 Å². The minimum atomic E-state index is -1.25. The fraction of sp³-hybridized carbons (Fsp3) is 0.0714. The zero-order valence-corrected chi connectivity index (χ0v) is 21.1. The Bertz CT molecular complexity index is 1350. The van der Waals surface area contributed by atoms with Gasteiger partial charge in [0.05, 0.1) is 10.6 Å². The van der Waals surface area contributed by atoms with Crippen LogP contribution in [-0.4, -0.2) is 23.3 Å². The molecular weight excluding hydrogens is 538 g/mol. The van der Waals surface area contributed by atoms with Crippen LogP contribution in [-0.2, 0) is 14.3 Å². The van der Waals surface area contributed by atoms with Gasteiger partial charge in [-0.1, -0.05) is 66.7 Å². The molecule has 0 bridgehead atoms. The minimum absolute atomic E-state index is 0.127. The highest BCUT2D eigenvalue weighted by molar-refractivity contribution is 9.10. The summed E-state index contributed by atoms with van der Waals surface area (Å²) in [5.74, 6) is -1.21. The molecule has 0 spiro atoms. The summed E-state index contributed by atoms with van der Waals surface area (Å²) in [6, 6.07) is 31.4. The Kier molecular flexibility index (Phi) is 8.27. The molecule has 0 heterocycles. The molecule has 0 aromatic heterocycles. The molecule has 0 aliphatic carbocycles. The summed E-state index contributed by atoms with van der Waals surface area (Å²) < 4.78 is 6.06. The van der Waals surface area contributed by atoms with Crippen molar-refractivity contribution in [2.24, 2.45) is 0 Å². The van der Waals surface area contributed by atoms with E-state index in [2.05, 4.69) is 21.2 Å². The lowest BCUT2D eigenvalue weighted by Crippen LogP contribution is -2.31. The Morgan fingerprint density at radius 1 is 0.865 bits per heavy atom. The Morgan fingerprint density at radius 2 is 1.41 bits per heavy atom. The van der Waals surface area contributed by atoms with Crippen LogP contribution in [0.25, 0.3) is 0 Å². The summed E-state index contributed by atoms with van der Waals surface area (Å²) in [6.45, 7) is -0.133. The molecule has 0 fully saturated rings. The lowest BCUT2D eigenvalue weighted by Gasteiger charge is -2.25. The number of ether oxygens (including phenoxy) is 1. The van der Waals surface area contributed by atoms with Gasteiger partial charge in [0.1, 0.15) is 6.54 Å². The van der Waals surface area contributed by atoms with Crippen molar-refractivity contribution in [1.29, 1.82) is 0 Å². The van der Waals surface area contributed by atoms with E-state index >= 15 is 0 Å². The van der Waals surface area contributed by atoms with E-state index in [1.165, 1.54) is 18.2 Å². The SMILES string of the molecule is O=C(CN(c1ccccc1)c1ccccc1)OC(C(=O)Nc1ccc([N+](=O)[O-])cc1Br)c1ccccc1. The summed E-state index contributed by atoms with van der Waals surface area (Å²) >= 11 is 3.25. The molecule has 4 aromatic rings. The number of hydrogen-bond acceptors (Lipinski definition) is 6. The molecule has 0 radical (unpaired) electrons. The highest BCUT2D eigenvalue weighted by atomic mass is 79.9. The fourth-order valence-corrected chi connectivity index (χ4v) is 4.13. The van der Waals surface area contributed by atoms with E-state index in [0.717, 1.165) is 11.4 Å². The molecule has 1 amide bonds. The maximum Gasteiger partial charge on any atom is 0.327 e. The minimum Gasteiger partial charge on any atom is -0.446 e. The zero-order valence-electron chi connectivity index (χ0n) is 19.5. The summed E-state index contributed by atoms with van der Waals surface area (Å²) in [6.07, 6.45) is -1.25. The van der Waals surface area contributed by atoms with Gasteiger partial charge in [0.15, 0.2) is 0 Å². The van der Waals surface area contributed by atoms with Crippen LogP contribution in [0.2, 0.25) is 0 Å². The number of benzene rings is 4. The van der Waals surface area contributed by atoms with Gasteiger partial charge < -0.3 is 15.0 Å². The zero-order chi connectivity index (χ0) is 26.2. The van der Waals surface area contributed by atoms with Gasteiger partial charge in [0.25, 0.3) is 11.6 Å². The Morgan fingerprint density at radius 3 is 1.92 bits per heavy atom. The van der Waals surface area contributed by atoms with E-state index in [9.17, 15) is 19.7 Å². The van der Waals surface area contributed by atoms with Crippen molar-refractivity contribution in [1.82, 2.24) is 0 Å². The molecule has 0 saturated heterocycles. The van der Waals surface area contributed by atoms with Crippen molar-refractivity contribution < 1.29 is 19.2 Å². The first kappa shape index (κ1) is 25.6. The molecule has 8 nitrogen and oxygen atoms in total. The molecule has 1 unspecified atom stereocenters. The largest absolute Gasteiger partial charge is 0.446 e. The molecule has 4 rings (SSSR count). The average molecular weight is 560 g/mol. The van der Waals surface area contributed by atoms with Crippen molar-refractivity contribution in [3.63, 3.8) is 0 Å². The number of nitrogens with zero attached hydrogens (tertiary/aromatic N) is 2. The van der Waals surface area contributed by atoms with E-state index in [1.807, 2.05) is 60.7 Å². The van der Waals surface area contributed by atoms with Crippen molar-refractivity contribution in [2.45, 2.75) is 6.10 Å². The lowest BCUT2D eigenvalue weighted by atomic mass is 10.1. The molecule has 0 aliphatic rings. The topological polar surface area (TPSA) is 102 Å². The smallest absolute Gasteiger partial charge is 0.327 e. The number of hydrogen-bond donors (Lipinski definition) is 1. The predicted octanol–water partition coefficient (Wildman–Crippen LogP) is 6.42. The maximum absolute atomic E-state index is 13.3. The number of carbonyl (C=O) groups excluding carboxylic acids is 2. The highest BCUT2D eigenvalue weighted by Gasteiger charge is 2.27. The van der Waals surface area contributed by atoms with Crippen molar-refractivity contribution in [2.75, 3.05) is 16.8 Å². The van der Waals surface area contributed by atoms with Gasteiger partial charge in [-0.3, -0.25) is 19.7 Å². The van der Waals surface area contributed by atoms with E-state index in [-0.39, 0.29) is 12.2 Å². The summed E-state index contributed by atoms with van der Waals surface area (Å²) in [7, 11) is 0. The number of para-hydroxylation sites is 2. The number of nitrogens with one attached hydrogen (secondary N) is 1. The van der Waals surface area contributed by atoms with E-state index in [4.69, 9.17) is 4.74 Å². The molecule has 4 aromatic carbocycles. The number of non-ortho nitro benzene ring substituents is 1. The van der Waals surface area contributed by atoms with E-state index in [1.54, 1.807) is 35.2 Å². The molecule has 0 aliphatic heterocycles. The van der Waals surface area contributed by atoms with Crippen LogP contribution in [0.1, 0.15) is 11.7 Å². The van der Waals surface area contributed by atoms with Crippen molar-refractivity contribution in [3.05, 3.63) is 129 Å². The Hall–Kier alpha value is -4.50. The number of carbonyl (C=O) groups is 2. The second-order valence-electron chi connectivity index (χ2n) is 7.95. The fourth-order valence-electron chi connectivity index (χ4n) is 3.66. The normalized spacial score (nSPS) is 11.3. The van der Waals surface area contributed by atoms with Crippen molar-refractivity contribution in [3.8, 4) is 0 Å². The van der Waals surface area contributed by atoms with Crippen molar-refractivity contribution >= 4 is 50.6 Å². The van der Waals surface area contributed by atoms with Gasteiger partial charge in [0, 0.05) is 33.5 Å². The number of nitro benzene ring substituents is 1. The molecular formula is C28H22BrN3O5. The van der Waals surface area contributed by atoms with Gasteiger partial charge in [-0.15, -0.1) is 0 Å². The predicted molar refractivity (Wildman–Crippen MR) is 145 cm³/mol. The second-order valence-corrected chi connectivity index (χ2v) is 8.80. The van der Waals surface area contributed by atoms with Crippen LogP contribution in [0.15, 0.2) is 114 Å². The number of rotatable bonds is 9. The van der Waals surface area contributed by atoms with Gasteiger partial charge in [-0.25, -0.2) is 0 Å². The number of halogens is 1. The van der Waals surface area contributed by atoms with Crippen LogP contribution in [0.4, 0.5) is 22.7 Å². The van der Waals surface area contributed by atoms with Gasteiger partial charge in [-0.05, 0) is 46.3 Å². The highest BCUT2D eigenvalue weighted by Crippen LogP contribution is 2.30. The summed E-state index contributed by atoms with van der Waals surface area (Å²) in [4.78, 5) is 38.8. The number of amides is 1. The summed E-state index contributed by atoms with van der Waals surface area (Å²) in [5.41, 5.74) is 2.25. The molecule has 9 heteroatoms. The quantitative estimate of drug-likeness (QED) is 0.144. The third-order valence-electron chi connectivity index (χ3n) is 5.43. The number of nitro groups is 1. The third kappa shape index (κ3) is 6.59. The Labute approximate surface area is 221 Å². The third-order valence-corrected chi connectivity index (χ3v) is 6.09. The first-order valence-corrected chi connectivity index (χ1v) is 12.1. The molecule has 37 heavy (non-hydrogen) atoms. The molecule has 0 saturated carbocycles. The van der Waals surface area contributed by atoms with Gasteiger partial charge in [-0.2, -0.15) is 0 Å². The number of anilines is 3. The monoisotopic (exact) mass is 559 g/mol. The molecule has 1 N–H and O–H groups in total. The van der Waals surface area contributed by atoms with Crippen LogP contribution in [0.3, 0.4) is 0 Å². The molecule has 1 atom stereocenters. The van der Waals surface area contributed by atoms with Gasteiger partial charge >= 0.3 is 5.97 Å². The summed E-state index contributed by atoms with van der Waals surface area (Å²) in [5, 5.41) is 13.7. The number of esters is 1. The van der Waals surface area contributed by atoms with Crippen LogP contribution in [0.5, 0.6) is 0 Å². The standard InChI is InChI=1S/C28H22BrN3O5/c29-24-18-23(32(35)36)16-17-25(24)30-28(34)27(20-10-4-1-5-11-20)37-26(33)19-31(21-12-6-2-7-13-21)22-14-8-3-9-15-22/h1-18,27H,19H2,(H,30,34). The Balaban J connectivity index is 1.57. The van der Waals surface area contributed by atoms with E-state index < -0.39 is 22.9 Å². The van der Waals surface area contributed by atoms with Crippen LogP contribution in [0, 0.1) is 10.1 Å². The first-order valence-electron chi connectivity index (χ1n) is 11.3. The first-order chi connectivity index (χ1) is 17.9. The lowest BCUT2D eigenvalue weighted by molar-refractivity contribution is -0.384. The average Bonchev–Trinajstić information content (AvgIpc) is 2.92. The maximum atomic E-state index is 13.3.